The molecule has 5 nitrogen and oxygen atoms in total. The summed E-state index contributed by atoms with van der Waals surface area (Å²) in [7, 11) is 6.15. The third kappa shape index (κ3) is 2.27. The highest BCUT2D eigenvalue weighted by atomic mass is 15.3. The van der Waals surface area contributed by atoms with Crippen molar-refractivity contribution in [2.24, 2.45) is 0 Å². The number of aromatic nitrogens is 4. The average molecular weight is 313 g/mol. The summed E-state index contributed by atoms with van der Waals surface area (Å²) in [4.78, 5) is 7.45. The zero-order valence-electron chi connectivity index (χ0n) is 13.3. The molecule has 0 spiro atoms. The molecule has 4 aromatic rings. The smallest absolute Gasteiger partial charge is 0.137 e. The number of rotatable bonds is 3. The first-order valence-electron chi connectivity index (χ1n) is 7.82. The summed E-state index contributed by atoms with van der Waals surface area (Å²) in [5.41, 5.74) is 12.0. The van der Waals surface area contributed by atoms with Gasteiger partial charge in [-0.15, -0.1) is 0 Å². The van der Waals surface area contributed by atoms with Crippen LogP contribution in [0.4, 0.5) is 5.69 Å². The second-order valence-corrected chi connectivity index (χ2v) is 5.70. The molecule has 0 unspecified atom stereocenters. The van der Waals surface area contributed by atoms with E-state index < -0.39 is 0 Å². The van der Waals surface area contributed by atoms with Crippen LogP contribution < -0.4 is 11.2 Å². The molecule has 2 radical (unpaired) electrons. The number of aryl methyl sites for hydroxylation is 1. The average Bonchev–Trinajstić information content (AvgIpc) is 3.19. The van der Waals surface area contributed by atoms with Crippen molar-refractivity contribution in [1.82, 2.24) is 19.7 Å². The van der Waals surface area contributed by atoms with Gasteiger partial charge in [-0.25, -0.2) is 4.98 Å². The lowest BCUT2D eigenvalue weighted by Crippen LogP contribution is -1.99. The second kappa shape index (κ2) is 5.56. The maximum atomic E-state index is 6.15. The van der Waals surface area contributed by atoms with Crippen molar-refractivity contribution >= 4 is 30.0 Å². The van der Waals surface area contributed by atoms with Crippen LogP contribution in [0, 0.1) is 0 Å². The van der Waals surface area contributed by atoms with Crippen LogP contribution in [0.25, 0.3) is 33.4 Å². The van der Waals surface area contributed by atoms with Crippen LogP contribution in [0.15, 0.2) is 48.9 Å². The van der Waals surface area contributed by atoms with Gasteiger partial charge in [0.05, 0.1) is 0 Å². The number of hydrogen-bond acceptors (Lipinski definition) is 3. The number of hydrogen-bond donors (Lipinski definition) is 2. The number of H-pyrrole nitrogens is 1. The summed E-state index contributed by atoms with van der Waals surface area (Å²) in [5, 5.41) is 5.64. The molecule has 4 rings (SSSR count). The molecule has 3 heterocycles. The van der Waals surface area contributed by atoms with Gasteiger partial charge < -0.3 is 10.7 Å². The lowest BCUT2D eigenvalue weighted by molar-refractivity contribution is 0.662. The predicted molar refractivity (Wildman–Crippen MR) is 98.2 cm³/mol. The molecular weight excluding hydrogens is 297 g/mol. The van der Waals surface area contributed by atoms with E-state index in [1.807, 2.05) is 41.2 Å². The van der Waals surface area contributed by atoms with E-state index in [9.17, 15) is 0 Å². The Morgan fingerprint density at radius 1 is 1.25 bits per heavy atom. The molecule has 0 saturated heterocycles. The zero-order chi connectivity index (χ0) is 16.7. The van der Waals surface area contributed by atoms with Crippen LogP contribution >= 0.6 is 0 Å². The van der Waals surface area contributed by atoms with Gasteiger partial charge in [0.1, 0.15) is 19.2 Å². The van der Waals surface area contributed by atoms with Gasteiger partial charge in [-0.3, -0.25) is 4.68 Å². The number of benzene rings is 1. The summed E-state index contributed by atoms with van der Waals surface area (Å²) in [5.74, 6) is 0. The molecule has 3 aromatic heterocycles. The number of aromatic amines is 1. The third-order valence-corrected chi connectivity index (χ3v) is 4.14. The molecule has 0 aliphatic rings. The van der Waals surface area contributed by atoms with Crippen molar-refractivity contribution in [3.63, 3.8) is 0 Å². The summed E-state index contributed by atoms with van der Waals surface area (Å²) in [6.45, 7) is 2.85. The minimum absolute atomic E-state index is 0.677. The third-order valence-electron chi connectivity index (χ3n) is 4.14. The molecule has 6 heteroatoms. The summed E-state index contributed by atoms with van der Waals surface area (Å²) in [6, 6.07) is 9.73. The van der Waals surface area contributed by atoms with E-state index in [0.717, 1.165) is 40.0 Å². The Labute approximate surface area is 140 Å². The number of nitrogens with zero attached hydrogens (tertiary/aromatic N) is 3. The van der Waals surface area contributed by atoms with E-state index in [1.54, 1.807) is 12.4 Å². The van der Waals surface area contributed by atoms with Crippen LogP contribution in [0.2, 0.25) is 0 Å². The normalized spacial score (nSPS) is 11.2. The zero-order valence-corrected chi connectivity index (χ0v) is 13.3. The van der Waals surface area contributed by atoms with Gasteiger partial charge in [0.25, 0.3) is 0 Å². The van der Waals surface area contributed by atoms with Gasteiger partial charge in [0, 0.05) is 41.1 Å². The Morgan fingerprint density at radius 2 is 2.12 bits per heavy atom. The first-order chi connectivity index (χ1) is 11.7. The van der Waals surface area contributed by atoms with Crippen LogP contribution in [0.1, 0.15) is 6.92 Å². The Morgan fingerprint density at radius 3 is 2.92 bits per heavy atom. The van der Waals surface area contributed by atoms with Gasteiger partial charge in [-0.2, -0.15) is 5.10 Å². The van der Waals surface area contributed by atoms with Gasteiger partial charge in [0.2, 0.25) is 0 Å². The van der Waals surface area contributed by atoms with Crippen molar-refractivity contribution in [2.75, 3.05) is 5.73 Å². The van der Waals surface area contributed by atoms with Crippen molar-refractivity contribution in [3.05, 3.63) is 48.9 Å². The highest BCUT2D eigenvalue weighted by Crippen LogP contribution is 2.34. The van der Waals surface area contributed by atoms with Crippen molar-refractivity contribution in [3.8, 4) is 22.4 Å². The largest absolute Gasteiger partial charge is 0.399 e. The quantitative estimate of drug-likeness (QED) is 0.451. The SMILES string of the molecule is [B]c1c[nH]c2nccc(-c3cn(CC)nc3-c3cccc(N)c3)c12. The second-order valence-electron chi connectivity index (χ2n) is 5.70. The standard InChI is InChI=1S/C18H16BN5/c1-2-24-10-14(17(23-24)11-4-3-5-12(20)8-11)13-6-7-21-18-16(13)15(19)9-22-18/h3-10H,2,20H2,1H3,(H,21,22). The minimum Gasteiger partial charge on any atom is -0.399 e. The fraction of sp³-hybridized carbons (Fsp3) is 0.111. The molecule has 1 aromatic carbocycles. The Hall–Kier alpha value is -3.02. The molecule has 116 valence electrons. The molecule has 0 bridgehead atoms. The predicted octanol–water partition coefficient (Wildman–Crippen LogP) is 2.49. The Bertz CT molecular complexity index is 1030. The lowest BCUT2D eigenvalue weighted by Gasteiger charge is -2.06. The van der Waals surface area contributed by atoms with Gasteiger partial charge >= 0.3 is 0 Å². The number of fused-ring (bicyclic) bond motifs is 1. The Balaban J connectivity index is 2.01. The van der Waals surface area contributed by atoms with E-state index >= 15 is 0 Å². The van der Waals surface area contributed by atoms with Crippen LogP contribution in [0.3, 0.4) is 0 Å². The summed E-state index contributed by atoms with van der Waals surface area (Å²) in [6.07, 6.45) is 5.59. The molecule has 0 atom stereocenters. The number of nitrogen functional groups attached to an aromatic ring is 1. The van der Waals surface area contributed by atoms with Crippen molar-refractivity contribution in [1.29, 1.82) is 0 Å². The first kappa shape index (κ1) is 14.6. The molecule has 0 aliphatic carbocycles. The highest BCUT2D eigenvalue weighted by molar-refractivity contribution is 6.40. The number of nitrogens with two attached hydrogens (primary N) is 1. The maximum absolute atomic E-state index is 6.15. The fourth-order valence-electron chi connectivity index (χ4n) is 2.99. The molecule has 0 amide bonds. The van der Waals surface area contributed by atoms with Crippen molar-refractivity contribution < 1.29 is 0 Å². The molecule has 24 heavy (non-hydrogen) atoms. The highest BCUT2D eigenvalue weighted by Gasteiger charge is 2.17. The summed E-state index contributed by atoms with van der Waals surface area (Å²) < 4.78 is 1.92. The van der Waals surface area contributed by atoms with Gasteiger partial charge in [0.15, 0.2) is 0 Å². The first-order valence-corrected chi connectivity index (χ1v) is 7.82. The monoisotopic (exact) mass is 313 g/mol. The molecule has 3 N–H and O–H groups in total. The fourth-order valence-corrected chi connectivity index (χ4v) is 2.99. The number of pyridine rings is 1. The lowest BCUT2D eigenvalue weighted by atomic mass is 9.91. The Kier molecular flexibility index (Phi) is 3.38. The van der Waals surface area contributed by atoms with Crippen molar-refractivity contribution in [2.45, 2.75) is 13.5 Å². The topological polar surface area (TPSA) is 72.5 Å². The molecule has 0 fully saturated rings. The van der Waals surface area contributed by atoms with E-state index in [0.29, 0.717) is 11.2 Å². The van der Waals surface area contributed by atoms with Crippen LogP contribution in [-0.4, -0.2) is 27.6 Å². The van der Waals surface area contributed by atoms with Gasteiger partial charge in [-0.05, 0) is 36.9 Å². The summed E-state index contributed by atoms with van der Waals surface area (Å²) >= 11 is 0. The van der Waals surface area contributed by atoms with Gasteiger partial charge in [-0.1, -0.05) is 17.6 Å². The van der Waals surface area contributed by atoms with Crippen LogP contribution in [0.5, 0.6) is 0 Å². The van der Waals surface area contributed by atoms with E-state index in [4.69, 9.17) is 18.7 Å². The minimum atomic E-state index is 0.677. The van der Waals surface area contributed by atoms with Crippen LogP contribution in [-0.2, 0) is 6.54 Å². The van der Waals surface area contributed by atoms with E-state index in [-0.39, 0.29) is 0 Å². The maximum Gasteiger partial charge on any atom is 0.137 e. The molecule has 0 saturated carbocycles. The number of nitrogens with one attached hydrogen (secondary N) is 1. The number of anilines is 1. The molecular formula is C18H16BN5. The van der Waals surface area contributed by atoms with E-state index in [1.165, 1.54) is 0 Å². The molecule has 0 aliphatic heterocycles. The van der Waals surface area contributed by atoms with E-state index in [2.05, 4.69) is 16.9 Å².